The van der Waals surface area contributed by atoms with Crippen LogP contribution in [0.15, 0.2) is 23.0 Å². The molecule has 0 spiro atoms. The van der Waals surface area contributed by atoms with Gasteiger partial charge in [0.25, 0.3) is 5.56 Å². The molecule has 5 nitrogen and oxygen atoms in total. The smallest absolute Gasteiger partial charge is 0.258 e. The van der Waals surface area contributed by atoms with Crippen molar-refractivity contribution in [2.75, 3.05) is 27.2 Å². The summed E-state index contributed by atoms with van der Waals surface area (Å²) in [5, 5.41) is 4.42. The van der Waals surface area contributed by atoms with Crippen LogP contribution in [-0.4, -0.2) is 42.1 Å². The Morgan fingerprint density at radius 2 is 2.20 bits per heavy atom. The predicted octanol–water partition coefficient (Wildman–Crippen LogP) is 1.62. The lowest BCUT2D eigenvalue weighted by Crippen LogP contribution is -2.23. The fourth-order valence-corrected chi connectivity index (χ4v) is 2.14. The average molecular weight is 295 g/mol. The van der Waals surface area contributed by atoms with Crippen molar-refractivity contribution in [2.24, 2.45) is 0 Å². The number of aromatic amines is 1. The summed E-state index contributed by atoms with van der Waals surface area (Å²) in [5.74, 6) is 0.634. The number of nitrogens with zero attached hydrogens (tertiary/aromatic N) is 2. The van der Waals surface area contributed by atoms with Crippen LogP contribution in [0.1, 0.15) is 12.2 Å². The molecule has 0 fully saturated rings. The molecule has 0 atom stereocenters. The second kappa shape index (κ2) is 6.83. The van der Waals surface area contributed by atoms with Gasteiger partial charge in [0.2, 0.25) is 0 Å². The van der Waals surface area contributed by atoms with E-state index in [2.05, 4.69) is 20.2 Å². The van der Waals surface area contributed by atoms with E-state index in [0.29, 0.717) is 28.3 Å². The molecular formula is C14H19ClN4O. The first-order valence-electron chi connectivity index (χ1n) is 6.60. The maximum Gasteiger partial charge on any atom is 0.258 e. The van der Waals surface area contributed by atoms with Crippen molar-refractivity contribution in [3.63, 3.8) is 0 Å². The highest BCUT2D eigenvalue weighted by molar-refractivity contribution is 6.31. The van der Waals surface area contributed by atoms with Crippen LogP contribution in [0.2, 0.25) is 5.02 Å². The second-order valence-electron chi connectivity index (χ2n) is 5.01. The van der Waals surface area contributed by atoms with Gasteiger partial charge in [0.1, 0.15) is 5.82 Å². The minimum atomic E-state index is -0.128. The number of aromatic nitrogens is 2. The van der Waals surface area contributed by atoms with Crippen LogP contribution in [0.5, 0.6) is 0 Å². The summed E-state index contributed by atoms with van der Waals surface area (Å²) in [6.45, 7) is 2.46. The average Bonchev–Trinajstić information content (AvgIpc) is 2.37. The Morgan fingerprint density at radius 1 is 1.40 bits per heavy atom. The highest BCUT2D eigenvalue weighted by Gasteiger charge is 2.04. The number of rotatable bonds is 6. The summed E-state index contributed by atoms with van der Waals surface area (Å²) < 4.78 is 0. The monoisotopic (exact) mass is 294 g/mol. The van der Waals surface area contributed by atoms with Gasteiger partial charge in [-0.2, -0.15) is 0 Å². The zero-order chi connectivity index (χ0) is 14.5. The Kier molecular flexibility index (Phi) is 5.11. The number of benzene rings is 1. The van der Waals surface area contributed by atoms with Crippen molar-refractivity contribution >= 4 is 22.5 Å². The number of hydrogen-bond donors (Lipinski definition) is 2. The molecule has 108 valence electrons. The van der Waals surface area contributed by atoms with Crippen LogP contribution in [0.4, 0.5) is 0 Å². The van der Waals surface area contributed by atoms with Crippen molar-refractivity contribution < 1.29 is 0 Å². The molecule has 0 unspecified atom stereocenters. The fraction of sp³-hybridized carbons (Fsp3) is 0.429. The van der Waals surface area contributed by atoms with E-state index in [1.807, 2.05) is 14.1 Å². The molecule has 2 aromatic rings. The third kappa shape index (κ3) is 4.03. The van der Waals surface area contributed by atoms with Gasteiger partial charge in [-0.15, -0.1) is 0 Å². The molecule has 6 heteroatoms. The van der Waals surface area contributed by atoms with Crippen LogP contribution >= 0.6 is 11.6 Å². The standard InChI is InChI=1S/C14H19ClN4O/c1-19(2)7-3-6-16-9-13-17-12-8-10(15)4-5-11(12)14(20)18-13/h4-5,8,16H,3,6-7,9H2,1-2H3,(H,17,18,20). The van der Waals surface area contributed by atoms with E-state index in [9.17, 15) is 4.79 Å². The molecular weight excluding hydrogens is 276 g/mol. The summed E-state index contributed by atoms with van der Waals surface area (Å²) in [6.07, 6.45) is 1.05. The molecule has 0 aliphatic rings. The van der Waals surface area contributed by atoms with Crippen LogP contribution in [0.25, 0.3) is 10.9 Å². The minimum absolute atomic E-state index is 0.128. The van der Waals surface area contributed by atoms with E-state index in [1.165, 1.54) is 0 Å². The largest absolute Gasteiger partial charge is 0.310 e. The van der Waals surface area contributed by atoms with Gasteiger partial charge < -0.3 is 15.2 Å². The summed E-state index contributed by atoms with van der Waals surface area (Å²) in [6, 6.07) is 5.10. The highest BCUT2D eigenvalue weighted by atomic mass is 35.5. The maximum absolute atomic E-state index is 11.9. The molecule has 1 aromatic heterocycles. The van der Waals surface area contributed by atoms with Crippen LogP contribution in [-0.2, 0) is 6.54 Å². The molecule has 0 bridgehead atoms. The minimum Gasteiger partial charge on any atom is -0.310 e. The molecule has 0 saturated heterocycles. The summed E-state index contributed by atoms with van der Waals surface area (Å²) in [7, 11) is 4.10. The Morgan fingerprint density at radius 3 is 2.95 bits per heavy atom. The third-order valence-corrected chi connectivity index (χ3v) is 3.20. The van der Waals surface area contributed by atoms with Crippen LogP contribution < -0.4 is 10.9 Å². The van der Waals surface area contributed by atoms with Crippen molar-refractivity contribution in [3.8, 4) is 0 Å². The van der Waals surface area contributed by atoms with Crippen molar-refractivity contribution in [3.05, 3.63) is 39.4 Å². The SMILES string of the molecule is CN(C)CCCNCc1nc2cc(Cl)ccc2c(=O)[nH]1. The van der Waals surface area contributed by atoms with Crippen LogP contribution in [0, 0.1) is 0 Å². The number of fused-ring (bicyclic) bond motifs is 1. The molecule has 0 amide bonds. The third-order valence-electron chi connectivity index (χ3n) is 2.97. The molecule has 2 N–H and O–H groups in total. The van der Waals surface area contributed by atoms with Gasteiger partial charge >= 0.3 is 0 Å². The number of halogens is 1. The Balaban J connectivity index is 2.02. The van der Waals surface area contributed by atoms with E-state index < -0.39 is 0 Å². The Hall–Kier alpha value is -1.43. The van der Waals surface area contributed by atoms with Crippen molar-refractivity contribution in [1.29, 1.82) is 0 Å². The Labute approximate surface area is 123 Å². The van der Waals surface area contributed by atoms with Crippen LogP contribution in [0.3, 0.4) is 0 Å². The first-order chi connectivity index (χ1) is 9.56. The van der Waals surface area contributed by atoms with Gasteiger partial charge in [-0.05, 0) is 51.8 Å². The summed E-state index contributed by atoms with van der Waals surface area (Å²) in [4.78, 5) is 21.3. The molecule has 1 heterocycles. The topological polar surface area (TPSA) is 61.0 Å². The first-order valence-corrected chi connectivity index (χ1v) is 6.98. The zero-order valence-corrected chi connectivity index (χ0v) is 12.5. The molecule has 0 aliphatic carbocycles. The zero-order valence-electron chi connectivity index (χ0n) is 11.7. The molecule has 0 saturated carbocycles. The highest BCUT2D eigenvalue weighted by Crippen LogP contribution is 2.14. The van der Waals surface area contributed by atoms with Gasteiger partial charge in [-0.3, -0.25) is 4.79 Å². The second-order valence-corrected chi connectivity index (χ2v) is 5.44. The van der Waals surface area contributed by atoms with Gasteiger partial charge in [-0.25, -0.2) is 4.98 Å². The number of hydrogen-bond acceptors (Lipinski definition) is 4. The summed E-state index contributed by atoms with van der Waals surface area (Å²) in [5.41, 5.74) is 0.503. The van der Waals surface area contributed by atoms with Crippen molar-refractivity contribution in [1.82, 2.24) is 20.2 Å². The van der Waals surface area contributed by atoms with Gasteiger partial charge in [0.05, 0.1) is 17.4 Å². The molecule has 1 aromatic carbocycles. The van der Waals surface area contributed by atoms with E-state index in [-0.39, 0.29) is 5.56 Å². The lowest BCUT2D eigenvalue weighted by Gasteiger charge is -2.09. The van der Waals surface area contributed by atoms with Gasteiger partial charge in [0, 0.05) is 5.02 Å². The first kappa shape index (κ1) is 15.0. The number of H-pyrrole nitrogens is 1. The Bertz CT molecular complexity index is 639. The van der Waals surface area contributed by atoms with Crippen molar-refractivity contribution in [2.45, 2.75) is 13.0 Å². The molecule has 20 heavy (non-hydrogen) atoms. The predicted molar refractivity (Wildman–Crippen MR) is 82.3 cm³/mol. The van der Waals surface area contributed by atoms with E-state index >= 15 is 0 Å². The molecule has 2 rings (SSSR count). The molecule has 0 aliphatic heterocycles. The maximum atomic E-state index is 11.9. The fourth-order valence-electron chi connectivity index (χ4n) is 1.97. The molecule has 0 radical (unpaired) electrons. The van der Waals surface area contributed by atoms with E-state index in [0.717, 1.165) is 19.5 Å². The lowest BCUT2D eigenvalue weighted by atomic mass is 10.2. The summed E-state index contributed by atoms with van der Waals surface area (Å²) >= 11 is 5.93. The van der Waals surface area contributed by atoms with E-state index in [1.54, 1.807) is 18.2 Å². The van der Waals surface area contributed by atoms with E-state index in [4.69, 9.17) is 11.6 Å². The quantitative estimate of drug-likeness (QED) is 0.795. The van der Waals surface area contributed by atoms with Gasteiger partial charge in [0.15, 0.2) is 0 Å². The number of nitrogens with one attached hydrogen (secondary N) is 2. The normalized spacial score (nSPS) is 11.4. The van der Waals surface area contributed by atoms with Gasteiger partial charge in [-0.1, -0.05) is 11.6 Å². The lowest BCUT2D eigenvalue weighted by molar-refractivity contribution is 0.394.